The third kappa shape index (κ3) is 1.82. The zero-order valence-electron chi connectivity index (χ0n) is 6.74. The van der Waals surface area contributed by atoms with Gasteiger partial charge in [0, 0.05) is 13.2 Å². The molecular formula is C9H16O2. The first-order chi connectivity index (χ1) is 5.35. The Morgan fingerprint density at radius 2 is 1.91 bits per heavy atom. The van der Waals surface area contributed by atoms with Gasteiger partial charge in [-0.2, -0.15) is 0 Å². The molecule has 0 aliphatic heterocycles. The van der Waals surface area contributed by atoms with Crippen LogP contribution >= 0.6 is 0 Å². The van der Waals surface area contributed by atoms with E-state index in [1.54, 1.807) is 0 Å². The minimum atomic E-state index is 0.245. The van der Waals surface area contributed by atoms with Gasteiger partial charge in [-0.25, -0.2) is 0 Å². The van der Waals surface area contributed by atoms with Crippen LogP contribution in [0.1, 0.15) is 12.8 Å². The minimum absolute atomic E-state index is 0.245. The summed E-state index contributed by atoms with van der Waals surface area (Å²) >= 11 is 0. The van der Waals surface area contributed by atoms with Crippen molar-refractivity contribution in [3.05, 3.63) is 12.7 Å². The summed E-state index contributed by atoms with van der Waals surface area (Å²) in [5.41, 5.74) is 0. The summed E-state index contributed by atoms with van der Waals surface area (Å²) in [6, 6.07) is 0. The molecule has 2 N–H and O–H groups in total. The zero-order valence-corrected chi connectivity index (χ0v) is 6.74. The molecule has 3 atom stereocenters. The van der Waals surface area contributed by atoms with Gasteiger partial charge in [-0.05, 0) is 30.6 Å². The first-order valence-corrected chi connectivity index (χ1v) is 4.17. The van der Waals surface area contributed by atoms with Crippen molar-refractivity contribution in [3.8, 4) is 0 Å². The summed E-state index contributed by atoms with van der Waals surface area (Å²) in [6.45, 7) is 4.17. The van der Waals surface area contributed by atoms with Gasteiger partial charge in [0.15, 0.2) is 0 Å². The first-order valence-electron chi connectivity index (χ1n) is 4.17. The van der Waals surface area contributed by atoms with Gasteiger partial charge in [0.1, 0.15) is 0 Å². The number of hydrogen-bond acceptors (Lipinski definition) is 2. The average molecular weight is 156 g/mol. The van der Waals surface area contributed by atoms with Crippen molar-refractivity contribution in [3.63, 3.8) is 0 Å². The van der Waals surface area contributed by atoms with Crippen LogP contribution in [-0.4, -0.2) is 23.4 Å². The van der Waals surface area contributed by atoms with E-state index in [4.69, 9.17) is 10.2 Å². The molecule has 11 heavy (non-hydrogen) atoms. The van der Waals surface area contributed by atoms with E-state index in [1.807, 2.05) is 6.08 Å². The monoisotopic (exact) mass is 156 g/mol. The van der Waals surface area contributed by atoms with Gasteiger partial charge in [-0.3, -0.25) is 0 Å². The predicted octanol–water partition coefficient (Wildman–Crippen LogP) is 0.799. The molecule has 2 heteroatoms. The Morgan fingerprint density at radius 1 is 1.18 bits per heavy atom. The number of allylic oxidation sites excluding steroid dienone is 1. The maximum absolute atomic E-state index is 8.88. The normalized spacial score (nSPS) is 35.3. The Kier molecular flexibility index (Phi) is 3.09. The summed E-state index contributed by atoms with van der Waals surface area (Å²) < 4.78 is 0. The lowest BCUT2D eigenvalue weighted by Crippen LogP contribution is -1.90. The molecule has 0 saturated heterocycles. The lowest BCUT2D eigenvalue weighted by atomic mass is 10.2. The summed E-state index contributed by atoms with van der Waals surface area (Å²) in [7, 11) is 0. The fourth-order valence-corrected chi connectivity index (χ4v) is 1.91. The van der Waals surface area contributed by atoms with Gasteiger partial charge in [0.2, 0.25) is 0 Å². The Hall–Kier alpha value is -0.340. The fraction of sp³-hybridized carbons (Fsp3) is 0.778. The number of rotatable bonds is 5. The van der Waals surface area contributed by atoms with Crippen LogP contribution in [0.4, 0.5) is 0 Å². The van der Waals surface area contributed by atoms with Crippen molar-refractivity contribution in [2.24, 2.45) is 17.8 Å². The zero-order chi connectivity index (χ0) is 8.27. The molecule has 0 aromatic heterocycles. The molecule has 1 fully saturated rings. The Balaban J connectivity index is 2.26. The van der Waals surface area contributed by atoms with Crippen molar-refractivity contribution in [1.29, 1.82) is 0 Å². The highest BCUT2D eigenvalue weighted by Gasteiger charge is 2.47. The molecule has 1 aliphatic carbocycles. The summed E-state index contributed by atoms with van der Waals surface area (Å²) in [5.74, 6) is 1.56. The van der Waals surface area contributed by atoms with Gasteiger partial charge < -0.3 is 10.2 Å². The van der Waals surface area contributed by atoms with Gasteiger partial charge in [0.25, 0.3) is 0 Å². The van der Waals surface area contributed by atoms with Crippen molar-refractivity contribution in [2.75, 3.05) is 13.2 Å². The SMILES string of the molecule is C=CC[C@H]1[C@@H](CO)[C@@H]1CCO. The molecule has 0 heterocycles. The van der Waals surface area contributed by atoms with Crippen LogP contribution in [-0.2, 0) is 0 Å². The van der Waals surface area contributed by atoms with Crippen LogP contribution in [0.2, 0.25) is 0 Å². The quantitative estimate of drug-likeness (QED) is 0.578. The maximum atomic E-state index is 8.88. The van der Waals surface area contributed by atoms with E-state index >= 15 is 0 Å². The number of hydrogen-bond donors (Lipinski definition) is 2. The standard InChI is InChI=1S/C9H16O2/c1-2-3-7-8(4-5-10)9(7)6-11/h2,7-11H,1,3-6H2/t7-,8-,9-/m1/s1. The second-order valence-corrected chi connectivity index (χ2v) is 3.21. The van der Waals surface area contributed by atoms with E-state index in [-0.39, 0.29) is 13.2 Å². The van der Waals surface area contributed by atoms with Gasteiger partial charge in [-0.1, -0.05) is 6.08 Å². The Morgan fingerprint density at radius 3 is 2.36 bits per heavy atom. The maximum Gasteiger partial charge on any atom is 0.0464 e. The topological polar surface area (TPSA) is 40.5 Å². The van der Waals surface area contributed by atoms with Gasteiger partial charge >= 0.3 is 0 Å². The van der Waals surface area contributed by atoms with Crippen LogP contribution in [0.25, 0.3) is 0 Å². The molecule has 0 amide bonds. The molecule has 0 unspecified atom stereocenters. The molecule has 1 aliphatic rings. The molecular weight excluding hydrogens is 140 g/mol. The summed E-state index contributed by atoms with van der Waals surface area (Å²) in [5, 5.41) is 17.6. The van der Waals surface area contributed by atoms with E-state index in [0.717, 1.165) is 12.8 Å². The molecule has 0 bridgehead atoms. The molecule has 0 aromatic carbocycles. The van der Waals surface area contributed by atoms with E-state index in [9.17, 15) is 0 Å². The second-order valence-electron chi connectivity index (χ2n) is 3.21. The lowest BCUT2D eigenvalue weighted by molar-refractivity contribution is 0.248. The smallest absolute Gasteiger partial charge is 0.0464 e. The molecule has 1 rings (SSSR count). The average Bonchev–Trinajstić information content (AvgIpc) is 2.65. The van der Waals surface area contributed by atoms with Gasteiger partial charge in [0.05, 0.1) is 0 Å². The largest absolute Gasteiger partial charge is 0.396 e. The number of aliphatic hydroxyl groups excluding tert-OH is 2. The molecule has 0 radical (unpaired) electrons. The molecule has 64 valence electrons. The second kappa shape index (κ2) is 3.88. The van der Waals surface area contributed by atoms with Crippen LogP contribution in [0, 0.1) is 17.8 Å². The van der Waals surface area contributed by atoms with Crippen molar-refractivity contribution >= 4 is 0 Å². The molecule has 0 spiro atoms. The Labute approximate surface area is 67.6 Å². The van der Waals surface area contributed by atoms with E-state index < -0.39 is 0 Å². The minimum Gasteiger partial charge on any atom is -0.396 e. The fourth-order valence-electron chi connectivity index (χ4n) is 1.91. The van der Waals surface area contributed by atoms with Crippen LogP contribution in [0.5, 0.6) is 0 Å². The highest BCUT2D eigenvalue weighted by atomic mass is 16.3. The van der Waals surface area contributed by atoms with Crippen molar-refractivity contribution in [2.45, 2.75) is 12.8 Å². The van der Waals surface area contributed by atoms with Crippen molar-refractivity contribution in [1.82, 2.24) is 0 Å². The molecule has 1 saturated carbocycles. The lowest BCUT2D eigenvalue weighted by Gasteiger charge is -1.90. The highest BCUT2D eigenvalue weighted by Crippen LogP contribution is 2.50. The van der Waals surface area contributed by atoms with E-state index in [0.29, 0.717) is 17.8 Å². The molecule has 2 nitrogen and oxygen atoms in total. The van der Waals surface area contributed by atoms with Crippen molar-refractivity contribution < 1.29 is 10.2 Å². The first kappa shape index (κ1) is 8.75. The molecule has 0 aromatic rings. The third-order valence-electron chi connectivity index (χ3n) is 2.62. The predicted molar refractivity (Wildman–Crippen MR) is 44.1 cm³/mol. The summed E-state index contributed by atoms with van der Waals surface area (Å²) in [6.07, 6.45) is 3.71. The van der Waals surface area contributed by atoms with E-state index in [1.165, 1.54) is 0 Å². The summed E-state index contributed by atoms with van der Waals surface area (Å²) in [4.78, 5) is 0. The van der Waals surface area contributed by atoms with Gasteiger partial charge in [-0.15, -0.1) is 6.58 Å². The Bertz CT molecular complexity index is 134. The van der Waals surface area contributed by atoms with Crippen LogP contribution < -0.4 is 0 Å². The van der Waals surface area contributed by atoms with E-state index in [2.05, 4.69) is 6.58 Å². The third-order valence-corrected chi connectivity index (χ3v) is 2.62. The van der Waals surface area contributed by atoms with Crippen LogP contribution in [0.15, 0.2) is 12.7 Å². The number of aliphatic hydroxyl groups is 2. The highest BCUT2D eigenvalue weighted by molar-refractivity contribution is 4.98. The van der Waals surface area contributed by atoms with Crippen LogP contribution in [0.3, 0.4) is 0 Å².